The van der Waals surface area contributed by atoms with Crippen molar-refractivity contribution in [2.75, 3.05) is 0 Å². The maximum atomic E-state index is 13.1. The summed E-state index contributed by atoms with van der Waals surface area (Å²) in [6, 6.07) is 16.9. The summed E-state index contributed by atoms with van der Waals surface area (Å²) in [5, 5.41) is 0.500. The third-order valence-electron chi connectivity index (χ3n) is 4.38. The Morgan fingerprint density at radius 1 is 1.00 bits per heavy atom. The molecule has 0 aliphatic rings. The van der Waals surface area contributed by atoms with E-state index in [4.69, 9.17) is 13.6 Å². The molecule has 0 bridgehead atoms. The lowest BCUT2D eigenvalue weighted by molar-refractivity contribution is 0.295. The summed E-state index contributed by atoms with van der Waals surface area (Å²) in [6.45, 7) is 4.23. The van der Waals surface area contributed by atoms with Gasteiger partial charge in [-0.25, -0.2) is 0 Å². The molecule has 0 unspecified atom stereocenters. The van der Waals surface area contributed by atoms with Crippen molar-refractivity contribution >= 4 is 11.0 Å². The van der Waals surface area contributed by atoms with Crippen LogP contribution in [0.2, 0.25) is 0 Å². The number of furan rings is 1. The molecule has 2 heterocycles. The van der Waals surface area contributed by atoms with Gasteiger partial charge in [-0.2, -0.15) is 0 Å². The summed E-state index contributed by atoms with van der Waals surface area (Å²) >= 11 is 0. The van der Waals surface area contributed by atoms with Gasteiger partial charge in [-0.3, -0.25) is 4.79 Å². The Bertz CT molecular complexity index is 1120. The second kappa shape index (κ2) is 6.56. The van der Waals surface area contributed by atoms with Crippen LogP contribution in [0.1, 0.15) is 16.7 Å². The van der Waals surface area contributed by atoms with E-state index in [1.165, 1.54) is 0 Å². The molecular formula is C22H18O4. The second-order valence-electron chi connectivity index (χ2n) is 6.28. The summed E-state index contributed by atoms with van der Waals surface area (Å²) < 4.78 is 17.4. The largest absolute Gasteiger partial charge is 0.481 e. The van der Waals surface area contributed by atoms with E-state index in [1.807, 2.05) is 50.2 Å². The van der Waals surface area contributed by atoms with Gasteiger partial charge in [0.25, 0.3) is 0 Å². The van der Waals surface area contributed by atoms with Gasteiger partial charge in [-0.15, -0.1) is 0 Å². The van der Waals surface area contributed by atoms with Crippen molar-refractivity contribution in [2.45, 2.75) is 20.5 Å². The van der Waals surface area contributed by atoms with Crippen LogP contribution in [0.3, 0.4) is 0 Å². The standard InChI is InChI=1S/C22H18O4/c1-14-9-10-18-17(12-14)20(23)22(21(26-18)19-8-5-11-24-19)25-13-16-7-4-3-6-15(16)2/h3-12H,13H2,1-2H3. The zero-order chi connectivity index (χ0) is 18.1. The van der Waals surface area contributed by atoms with Gasteiger partial charge in [0.15, 0.2) is 5.76 Å². The minimum Gasteiger partial charge on any atom is -0.481 e. The first-order chi connectivity index (χ1) is 12.6. The summed E-state index contributed by atoms with van der Waals surface area (Å²) in [7, 11) is 0. The molecule has 4 heteroatoms. The lowest BCUT2D eigenvalue weighted by atomic mass is 10.1. The molecule has 0 spiro atoms. The average Bonchev–Trinajstić information content (AvgIpc) is 3.17. The van der Waals surface area contributed by atoms with Crippen molar-refractivity contribution in [1.82, 2.24) is 0 Å². The van der Waals surface area contributed by atoms with Crippen LogP contribution in [-0.4, -0.2) is 0 Å². The maximum absolute atomic E-state index is 13.1. The first kappa shape index (κ1) is 16.2. The molecule has 0 radical (unpaired) electrons. The minimum absolute atomic E-state index is 0.168. The van der Waals surface area contributed by atoms with Gasteiger partial charge in [-0.1, -0.05) is 35.9 Å². The Morgan fingerprint density at radius 2 is 1.85 bits per heavy atom. The Hall–Kier alpha value is -3.27. The highest BCUT2D eigenvalue weighted by Gasteiger charge is 2.20. The van der Waals surface area contributed by atoms with Crippen LogP contribution in [0.5, 0.6) is 5.75 Å². The Morgan fingerprint density at radius 3 is 2.62 bits per heavy atom. The van der Waals surface area contributed by atoms with Crippen molar-refractivity contribution in [1.29, 1.82) is 0 Å². The highest BCUT2D eigenvalue weighted by Crippen LogP contribution is 2.32. The predicted octanol–water partition coefficient (Wildman–Crippen LogP) is 5.25. The molecule has 2 aromatic heterocycles. The van der Waals surface area contributed by atoms with Crippen LogP contribution < -0.4 is 10.2 Å². The third kappa shape index (κ3) is 2.90. The van der Waals surface area contributed by atoms with Gasteiger partial charge >= 0.3 is 0 Å². The Balaban J connectivity index is 1.85. The van der Waals surface area contributed by atoms with Gasteiger partial charge in [0.1, 0.15) is 12.2 Å². The second-order valence-corrected chi connectivity index (χ2v) is 6.28. The van der Waals surface area contributed by atoms with E-state index in [2.05, 4.69) is 0 Å². The fraction of sp³-hybridized carbons (Fsp3) is 0.136. The van der Waals surface area contributed by atoms with Crippen molar-refractivity contribution in [3.63, 3.8) is 0 Å². The van der Waals surface area contributed by atoms with E-state index in [9.17, 15) is 4.79 Å². The van der Waals surface area contributed by atoms with Crippen LogP contribution in [0.4, 0.5) is 0 Å². The van der Waals surface area contributed by atoms with Gasteiger partial charge in [0, 0.05) is 0 Å². The normalized spacial score (nSPS) is 11.0. The molecule has 0 atom stereocenters. The summed E-state index contributed by atoms with van der Waals surface area (Å²) in [6.07, 6.45) is 1.54. The lowest BCUT2D eigenvalue weighted by Gasteiger charge is -2.12. The number of aryl methyl sites for hydroxylation is 2. The molecule has 0 aliphatic heterocycles. The highest BCUT2D eigenvalue weighted by atomic mass is 16.5. The van der Waals surface area contributed by atoms with Crippen molar-refractivity contribution in [3.05, 3.63) is 87.8 Å². The first-order valence-corrected chi connectivity index (χ1v) is 8.42. The monoisotopic (exact) mass is 346 g/mol. The summed E-state index contributed by atoms with van der Waals surface area (Å²) in [5.41, 5.74) is 3.42. The molecule has 4 rings (SSSR count). The predicted molar refractivity (Wildman–Crippen MR) is 100 cm³/mol. The molecule has 0 saturated heterocycles. The van der Waals surface area contributed by atoms with Crippen LogP contribution in [0.25, 0.3) is 22.5 Å². The van der Waals surface area contributed by atoms with Crippen LogP contribution >= 0.6 is 0 Å². The van der Waals surface area contributed by atoms with Crippen molar-refractivity contribution in [2.24, 2.45) is 0 Å². The first-order valence-electron chi connectivity index (χ1n) is 8.42. The van der Waals surface area contributed by atoms with E-state index in [0.717, 1.165) is 16.7 Å². The minimum atomic E-state index is -0.199. The van der Waals surface area contributed by atoms with Crippen molar-refractivity contribution < 1.29 is 13.6 Å². The lowest BCUT2D eigenvalue weighted by Crippen LogP contribution is -2.10. The maximum Gasteiger partial charge on any atom is 0.235 e. The topological polar surface area (TPSA) is 52.6 Å². The van der Waals surface area contributed by atoms with E-state index in [1.54, 1.807) is 24.5 Å². The molecule has 4 nitrogen and oxygen atoms in total. The fourth-order valence-electron chi connectivity index (χ4n) is 2.91. The smallest absolute Gasteiger partial charge is 0.235 e. The Labute approximate surface area is 150 Å². The van der Waals surface area contributed by atoms with Gasteiger partial charge in [0.05, 0.1) is 11.6 Å². The number of ether oxygens (including phenoxy) is 1. The number of fused-ring (bicyclic) bond motifs is 1. The number of benzene rings is 2. The number of rotatable bonds is 4. The van der Waals surface area contributed by atoms with Gasteiger partial charge < -0.3 is 13.6 Å². The van der Waals surface area contributed by atoms with E-state index >= 15 is 0 Å². The molecular weight excluding hydrogens is 328 g/mol. The zero-order valence-electron chi connectivity index (χ0n) is 14.6. The SMILES string of the molecule is Cc1ccc2oc(-c3ccco3)c(OCc3ccccc3C)c(=O)c2c1. The van der Waals surface area contributed by atoms with E-state index in [0.29, 0.717) is 22.5 Å². The van der Waals surface area contributed by atoms with Crippen LogP contribution in [0, 0.1) is 13.8 Å². The average molecular weight is 346 g/mol. The van der Waals surface area contributed by atoms with Crippen molar-refractivity contribution in [3.8, 4) is 17.3 Å². The molecule has 0 fully saturated rings. The quantitative estimate of drug-likeness (QED) is 0.506. The zero-order valence-corrected chi connectivity index (χ0v) is 14.6. The summed E-state index contributed by atoms with van der Waals surface area (Å²) in [4.78, 5) is 13.1. The molecule has 130 valence electrons. The fourth-order valence-corrected chi connectivity index (χ4v) is 2.91. The molecule has 0 aliphatic carbocycles. The Kier molecular flexibility index (Phi) is 4.09. The molecule has 0 N–H and O–H groups in total. The van der Waals surface area contributed by atoms with Gasteiger partial charge in [0.2, 0.25) is 16.9 Å². The molecule has 4 aromatic rings. The van der Waals surface area contributed by atoms with Crippen LogP contribution in [0.15, 0.2) is 74.5 Å². The summed E-state index contributed by atoms with van der Waals surface area (Å²) in [5.74, 6) is 0.940. The molecule has 26 heavy (non-hydrogen) atoms. The highest BCUT2D eigenvalue weighted by molar-refractivity contribution is 5.81. The van der Waals surface area contributed by atoms with E-state index < -0.39 is 0 Å². The molecule has 0 saturated carbocycles. The van der Waals surface area contributed by atoms with Gasteiger partial charge in [-0.05, 0) is 49.2 Å². The third-order valence-corrected chi connectivity index (χ3v) is 4.38. The van der Waals surface area contributed by atoms with Crippen LogP contribution in [-0.2, 0) is 6.61 Å². The molecule has 2 aromatic carbocycles. The number of hydrogen-bond acceptors (Lipinski definition) is 4. The number of hydrogen-bond donors (Lipinski definition) is 0. The molecule has 0 amide bonds. The van der Waals surface area contributed by atoms with E-state index in [-0.39, 0.29) is 17.8 Å².